The van der Waals surface area contributed by atoms with Crippen LogP contribution in [0.1, 0.15) is 30.9 Å². The average molecular weight is 244 g/mol. The highest BCUT2D eigenvalue weighted by Gasteiger charge is 2.24. The molecular formula is C15H20N2O. The predicted octanol–water partition coefficient (Wildman–Crippen LogP) is 2.46. The quantitative estimate of drug-likeness (QED) is 0.869. The third kappa shape index (κ3) is 2.49. The Morgan fingerprint density at radius 2 is 2.06 bits per heavy atom. The summed E-state index contributed by atoms with van der Waals surface area (Å²) in [4.78, 5) is 2.28. The minimum Gasteiger partial charge on any atom is -0.393 e. The van der Waals surface area contributed by atoms with E-state index in [1.807, 2.05) is 19.1 Å². The summed E-state index contributed by atoms with van der Waals surface area (Å²) in [7, 11) is 0. The van der Waals surface area contributed by atoms with E-state index in [0.29, 0.717) is 5.92 Å². The molecule has 1 heterocycles. The van der Waals surface area contributed by atoms with Crippen molar-refractivity contribution in [1.29, 1.82) is 5.26 Å². The van der Waals surface area contributed by atoms with Gasteiger partial charge in [0.15, 0.2) is 0 Å². The van der Waals surface area contributed by atoms with Crippen molar-refractivity contribution in [2.24, 2.45) is 5.92 Å². The third-order valence-corrected chi connectivity index (χ3v) is 3.90. The van der Waals surface area contributed by atoms with Crippen LogP contribution in [0.25, 0.3) is 0 Å². The van der Waals surface area contributed by atoms with Gasteiger partial charge < -0.3 is 10.0 Å². The van der Waals surface area contributed by atoms with Crippen LogP contribution in [-0.2, 0) is 0 Å². The van der Waals surface area contributed by atoms with E-state index in [1.54, 1.807) is 0 Å². The number of hydrogen-bond donors (Lipinski definition) is 1. The lowest BCUT2D eigenvalue weighted by atomic mass is 9.91. The zero-order valence-electron chi connectivity index (χ0n) is 11.1. The van der Waals surface area contributed by atoms with Gasteiger partial charge in [-0.3, -0.25) is 0 Å². The highest BCUT2D eigenvalue weighted by atomic mass is 16.3. The molecule has 1 atom stereocenters. The van der Waals surface area contributed by atoms with Gasteiger partial charge in [-0.15, -0.1) is 0 Å². The van der Waals surface area contributed by atoms with Crippen LogP contribution in [0.15, 0.2) is 18.2 Å². The van der Waals surface area contributed by atoms with E-state index in [-0.39, 0.29) is 6.10 Å². The highest BCUT2D eigenvalue weighted by Crippen LogP contribution is 2.30. The Kier molecular flexibility index (Phi) is 3.88. The molecule has 1 N–H and O–H groups in total. The van der Waals surface area contributed by atoms with Crippen LogP contribution in [0.3, 0.4) is 0 Å². The summed E-state index contributed by atoms with van der Waals surface area (Å²) >= 11 is 0. The first-order chi connectivity index (χ1) is 8.63. The second-order valence-corrected chi connectivity index (χ2v) is 5.15. The Labute approximate surface area is 109 Å². The Morgan fingerprint density at radius 1 is 1.39 bits per heavy atom. The van der Waals surface area contributed by atoms with Crippen molar-refractivity contribution in [3.63, 3.8) is 0 Å². The number of anilines is 1. The first kappa shape index (κ1) is 12.9. The van der Waals surface area contributed by atoms with E-state index < -0.39 is 0 Å². The number of nitrogens with zero attached hydrogens (tertiary/aromatic N) is 2. The van der Waals surface area contributed by atoms with Gasteiger partial charge in [-0.25, -0.2) is 0 Å². The lowest BCUT2D eigenvalue weighted by Crippen LogP contribution is -2.37. The van der Waals surface area contributed by atoms with Crippen molar-refractivity contribution in [3.05, 3.63) is 29.3 Å². The molecule has 1 aromatic carbocycles. The zero-order chi connectivity index (χ0) is 13.1. The maximum atomic E-state index is 9.62. The first-order valence-electron chi connectivity index (χ1n) is 6.56. The lowest BCUT2D eigenvalue weighted by molar-refractivity contribution is 0.110. The van der Waals surface area contributed by atoms with Gasteiger partial charge in [0.1, 0.15) is 6.07 Å². The number of aryl methyl sites for hydroxylation is 1. The highest BCUT2D eigenvalue weighted by molar-refractivity contribution is 5.64. The van der Waals surface area contributed by atoms with Crippen molar-refractivity contribution >= 4 is 5.69 Å². The van der Waals surface area contributed by atoms with Crippen LogP contribution in [0, 0.1) is 24.2 Å². The Hall–Kier alpha value is -1.53. The van der Waals surface area contributed by atoms with Crippen LogP contribution >= 0.6 is 0 Å². The molecule has 0 spiro atoms. The van der Waals surface area contributed by atoms with Crippen molar-refractivity contribution < 1.29 is 5.11 Å². The molecule has 0 saturated carbocycles. The molecule has 1 unspecified atom stereocenters. The molecule has 3 nitrogen and oxygen atoms in total. The van der Waals surface area contributed by atoms with Crippen LogP contribution in [-0.4, -0.2) is 24.3 Å². The zero-order valence-corrected chi connectivity index (χ0v) is 11.1. The fourth-order valence-electron chi connectivity index (χ4n) is 2.77. The summed E-state index contributed by atoms with van der Waals surface area (Å²) in [5.41, 5.74) is 2.99. The Bertz CT molecular complexity index is 454. The van der Waals surface area contributed by atoms with Crippen LogP contribution in [0.5, 0.6) is 0 Å². The van der Waals surface area contributed by atoms with Crippen molar-refractivity contribution in [3.8, 4) is 6.07 Å². The molecule has 0 radical (unpaired) electrons. The monoisotopic (exact) mass is 244 g/mol. The van der Waals surface area contributed by atoms with Gasteiger partial charge in [0.25, 0.3) is 0 Å². The number of hydrogen-bond acceptors (Lipinski definition) is 3. The Balaban J connectivity index is 2.18. The first-order valence-corrected chi connectivity index (χ1v) is 6.56. The molecule has 1 aromatic rings. The third-order valence-electron chi connectivity index (χ3n) is 3.90. The van der Waals surface area contributed by atoms with Crippen molar-refractivity contribution in [2.45, 2.75) is 32.8 Å². The fourth-order valence-corrected chi connectivity index (χ4v) is 2.77. The van der Waals surface area contributed by atoms with E-state index >= 15 is 0 Å². The van der Waals surface area contributed by atoms with Gasteiger partial charge in [0, 0.05) is 13.1 Å². The number of aliphatic hydroxyl groups excluding tert-OH is 1. The van der Waals surface area contributed by atoms with Gasteiger partial charge in [-0.2, -0.15) is 5.26 Å². The molecule has 18 heavy (non-hydrogen) atoms. The van der Waals surface area contributed by atoms with E-state index in [9.17, 15) is 10.4 Å². The number of piperidine rings is 1. The van der Waals surface area contributed by atoms with E-state index in [2.05, 4.69) is 24.0 Å². The Morgan fingerprint density at radius 3 is 2.61 bits per heavy atom. The topological polar surface area (TPSA) is 47.3 Å². The standard InChI is InChI=1S/C15H20N2O/c1-11-4-3-5-14(10-16)15(11)17-8-6-13(7-9-17)12(2)18/h3-5,12-13,18H,6-9H2,1-2H3. The minimum absolute atomic E-state index is 0.223. The van der Waals surface area contributed by atoms with Gasteiger partial charge in [-0.05, 0) is 44.2 Å². The van der Waals surface area contributed by atoms with E-state index in [0.717, 1.165) is 42.7 Å². The molecule has 3 heteroatoms. The summed E-state index contributed by atoms with van der Waals surface area (Å²) in [6, 6.07) is 8.14. The van der Waals surface area contributed by atoms with Crippen LogP contribution in [0.2, 0.25) is 0 Å². The molecule has 2 rings (SSSR count). The smallest absolute Gasteiger partial charge is 0.101 e. The number of rotatable bonds is 2. The van der Waals surface area contributed by atoms with Crippen molar-refractivity contribution in [2.75, 3.05) is 18.0 Å². The second-order valence-electron chi connectivity index (χ2n) is 5.15. The number of nitriles is 1. The van der Waals surface area contributed by atoms with E-state index in [1.165, 1.54) is 0 Å². The number of benzene rings is 1. The molecule has 96 valence electrons. The predicted molar refractivity (Wildman–Crippen MR) is 72.5 cm³/mol. The van der Waals surface area contributed by atoms with Crippen molar-refractivity contribution in [1.82, 2.24) is 0 Å². The van der Waals surface area contributed by atoms with Crippen LogP contribution in [0.4, 0.5) is 5.69 Å². The average Bonchev–Trinajstić information content (AvgIpc) is 2.38. The molecule has 0 aromatic heterocycles. The maximum Gasteiger partial charge on any atom is 0.101 e. The molecule has 1 aliphatic rings. The number of para-hydroxylation sites is 1. The summed E-state index contributed by atoms with van der Waals surface area (Å²) in [6.45, 7) is 5.77. The summed E-state index contributed by atoms with van der Waals surface area (Å²) < 4.78 is 0. The second kappa shape index (κ2) is 5.41. The molecular weight excluding hydrogens is 224 g/mol. The molecule has 1 aliphatic heterocycles. The maximum absolute atomic E-state index is 9.62. The van der Waals surface area contributed by atoms with Gasteiger partial charge in [0.05, 0.1) is 17.4 Å². The molecule has 1 saturated heterocycles. The largest absolute Gasteiger partial charge is 0.393 e. The van der Waals surface area contributed by atoms with Gasteiger partial charge in [-0.1, -0.05) is 12.1 Å². The van der Waals surface area contributed by atoms with Crippen LogP contribution < -0.4 is 4.90 Å². The molecule has 0 amide bonds. The van der Waals surface area contributed by atoms with E-state index in [4.69, 9.17) is 0 Å². The van der Waals surface area contributed by atoms with Gasteiger partial charge >= 0.3 is 0 Å². The summed E-state index contributed by atoms with van der Waals surface area (Å²) in [6.07, 6.45) is 1.77. The normalized spacial score (nSPS) is 18.4. The SMILES string of the molecule is Cc1cccc(C#N)c1N1CCC(C(C)O)CC1. The lowest BCUT2D eigenvalue weighted by Gasteiger charge is -2.36. The molecule has 0 bridgehead atoms. The summed E-state index contributed by atoms with van der Waals surface area (Å²) in [5, 5.41) is 18.8. The summed E-state index contributed by atoms with van der Waals surface area (Å²) in [5.74, 6) is 0.399. The fraction of sp³-hybridized carbons (Fsp3) is 0.533. The van der Waals surface area contributed by atoms with Gasteiger partial charge in [0.2, 0.25) is 0 Å². The molecule has 1 fully saturated rings. The number of aliphatic hydroxyl groups is 1. The molecule has 0 aliphatic carbocycles. The minimum atomic E-state index is -0.223.